The van der Waals surface area contributed by atoms with Gasteiger partial charge in [0, 0.05) is 24.1 Å². The number of halogens is 1. The molecular weight excluding hydrogens is 339 g/mol. The zero-order chi connectivity index (χ0) is 18.8. The number of aromatic nitrogens is 2. The minimum Gasteiger partial charge on any atom is -0.296 e. The van der Waals surface area contributed by atoms with Crippen LogP contribution in [0, 0.1) is 23.6 Å². The molecule has 2 heterocycles. The van der Waals surface area contributed by atoms with E-state index in [4.69, 9.17) is 4.98 Å². The summed E-state index contributed by atoms with van der Waals surface area (Å²) in [4.78, 5) is 17.6. The van der Waals surface area contributed by atoms with Crippen molar-refractivity contribution in [3.63, 3.8) is 0 Å². The summed E-state index contributed by atoms with van der Waals surface area (Å²) in [6, 6.07) is 11.7. The van der Waals surface area contributed by atoms with Gasteiger partial charge >= 0.3 is 0 Å². The number of hydrogen-bond donors (Lipinski definition) is 0. The molecule has 4 heteroatoms. The van der Waals surface area contributed by atoms with Gasteiger partial charge in [-0.3, -0.25) is 9.36 Å². The van der Waals surface area contributed by atoms with Gasteiger partial charge in [-0.05, 0) is 55.2 Å². The molecule has 0 fully saturated rings. The molecule has 0 spiro atoms. The third kappa shape index (κ3) is 3.64. The van der Waals surface area contributed by atoms with Crippen LogP contribution in [-0.4, -0.2) is 9.55 Å². The maximum Gasteiger partial charge on any atom is 0.261 e. The first-order valence-electron chi connectivity index (χ1n) is 9.45. The van der Waals surface area contributed by atoms with Gasteiger partial charge in [-0.15, -0.1) is 0 Å². The predicted octanol–water partition coefficient (Wildman–Crippen LogP) is 4.30. The van der Waals surface area contributed by atoms with Crippen molar-refractivity contribution in [2.24, 2.45) is 5.92 Å². The van der Waals surface area contributed by atoms with E-state index in [1.54, 1.807) is 18.2 Å². The van der Waals surface area contributed by atoms with Crippen molar-refractivity contribution < 1.29 is 4.39 Å². The van der Waals surface area contributed by atoms with Crippen molar-refractivity contribution >= 4 is 10.9 Å². The van der Waals surface area contributed by atoms with Crippen LogP contribution in [0.4, 0.5) is 4.39 Å². The molecule has 136 valence electrons. The van der Waals surface area contributed by atoms with E-state index in [1.165, 1.54) is 12.1 Å². The molecule has 0 saturated heterocycles. The lowest BCUT2D eigenvalue weighted by Gasteiger charge is -2.25. The Kier molecular flexibility index (Phi) is 4.77. The Balaban J connectivity index is 1.70. The summed E-state index contributed by atoms with van der Waals surface area (Å²) in [6.07, 6.45) is 4.22. The topological polar surface area (TPSA) is 34.9 Å². The average molecular weight is 360 g/mol. The molecule has 0 aliphatic carbocycles. The highest BCUT2D eigenvalue weighted by Crippen LogP contribution is 2.23. The van der Waals surface area contributed by atoms with E-state index in [-0.39, 0.29) is 11.4 Å². The summed E-state index contributed by atoms with van der Waals surface area (Å²) in [5.74, 6) is 7.13. The van der Waals surface area contributed by atoms with Crippen LogP contribution in [0.1, 0.15) is 43.1 Å². The van der Waals surface area contributed by atoms with Crippen LogP contribution in [0.5, 0.6) is 0 Å². The molecule has 0 saturated carbocycles. The second-order valence-electron chi connectivity index (χ2n) is 7.13. The summed E-state index contributed by atoms with van der Waals surface area (Å²) in [7, 11) is 0. The quantitative estimate of drug-likeness (QED) is 0.639. The molecule has 4 rings (SSSR count). The Morgan fingerprint density at radius 1 is 1.19 bits per heavy atom. The Labute approximate surface area is 157 Å². The molecule has 1 atom stereocenters. The molecular formula is C23H21FN2O. The largest absolute Gasteiger partial charge is 0.296 e. The molecule has 1 aromatic heterocycles. The lowest BCUT2D eigenvalue weighted by atomic mass is 9.94. The molecule has 1 unspecified atom stereocenters. The monoisotopic (exact) mass is 360 g/mol. The molecule has 1 aliphatic heterocycles. The van der Waals surface area contributed by atoms with Gasteiger partial charge in [-0.1, -0.05) is 31.3 Å². The standard InChI is InChI=1S/C23H21FN2O/c1-2-4-18-10-12-22-25-21-14-17(8-7-16-5-3-6-19(24)13-16)9-11-20(21)23(27)26(22)15-18/h3,5-6,9,11,13-14,18H,2,4,10,12,15H2,1H3. The van der Waals surface area contributed by atoms with Crippen molar-refractivity contribution in [2.75, 3.05) is 0 Å². The molecule has 0 N–H and O–H groups in total. The molecule has 0 amide bonds. The zero-order valence-corrected chi connectivity index (χ0v) is 15.3. The molecule has 27 heavy (non-hydrogen) atoms. The average Bonchev–Trinajstić information content (AvgIpc) is 2.67. The number of hydrogen-bond acceptors (Lipinski definition) is 2. The van der Waals surface area contributed by atoms with Gasteiger partial charge in [0.25, 0.3) is 5.56 Å². The molecule has 0 bridgehead atoms. The van der Waals surface area contributed by atoms with Crippen LogP contribution in [0.3, 0.4) is 0 Å². The van der Waals surface area contributed by atoms with Crippen molar-refractivity contribution in [3.8, 4) is 11.8 Å². The SMILES string of the molecule is CCCC1CCc2nc3cc(C#Cc4cccc(F)c4)ccc3c(=O)n2C1. The predicted molar refractivity (Wildman–Crippen MR) is 105 cm³/mol. The minimum atomic E-state index is -0.303. The van der Waals surface area contributed by atoms with E-state index in [9.17, 15) is 9.18 Å². The first-order chi connectivity index (χ1) is 13.1. The Hall–Kier alpha value is -2.93. The van der Waals surface area contributed by atoms with E-state index in [0.717, 1.165) is 43.6 Å². The van der Waals surface area contributed by atoms with Crippen molar-refractivity contribution in [2.45, 2.75) is 39.2 Å². The fourth-order valence-electron chi connectivity index (χ4n) is 3.76. The first kappa shape index (κ1) is 17.5. The van der Waals surface area contributed by atoms with Crippen molar-refractivity contribution in [1.29, 1.82) is 0 Å². The van der Waals surface area contributed by atoms with Crippen LogP contribution < -0.4 is 5.56 Å². The highest BCUT2D eigenvalue weighted by molar-refractivity contribution is 5.79. The van der Waals surface area contributed by atoms with Gasteiger partial charge in [0.2, 0.25) is 0 Å². The first-order valence-corrected chi connectivity index (χ1v) is 9.45. The maximum absolute atomic E-state index is 13.3. The van der Waals surface area contributed by atoms with Gasteiger partial charge in [0.05, 0.1) is 10.9 Å². The molecule has 2 aromatic carbocycles. The smallest absolute Gasteiger partial charge is 0.261 e. The van der Waals surface area contributed by atoms with Crippen LogP contribution >= 0.6 is 0 Å². The lowest BCUT2D eigenvalue weighted by Crippen LogP contribution is -2.32. The summed E-state index contributed by atoms with van der Waals surface area (Å²) >= 11 is 0. The Morgan fingerprint density at radius 3 is 2.78 bits per heavy atom. The molecule has 0 radical (unpaired) electrons. The van der Waals surface area contributed by atoms with Gasteiger partial charge in [-0.2, -0.15) is 0 Å². The highest BCUT2D eigenvalue weighted by Gasteiger charge is 2.21. The minimum absolute atomic E-state index is 0.0421. The highest BCUT2D eigenvalue weighted by atomic mass is 19.1. The van der Waals surface area contributed by atoms with Crippen LogP contribution in [0.15, 0.2) is 47.3 Å². The van der Waals surface area contributed by atoms with E-state index in [1.807, 2.05) is 16.7 Å². The summed E-state index contributed by atoms with van der Waals surface area (Å²) in [6.45, 7) is 2.95. The van der Waals surface area contributed by atoms with Crippen LogP contribution in [0.2, 0.25) is 0 Å². The van der Waals surface area contributed by atoms with E-state index in [2.05, 4.69) is 18.8 Å². The van der Waals surface area contributed by atoms with E-state index >= 15 is 0 Å². The van der Waals surface area contributed by atoms with E-state index < -0.39 is 0 Å². The number of nitrogens with zero attached hydrogens (tertiary/aromatic N) is 2. The summed E-state index contributed by atoms with van der Waals surface area (Å²) < 4.78 is 15.1. The van der Waals surface area contributed by atoms with E-state index in [0.29, 0.717) is 22.4 Å². The second kappa shape index (κ2) is 7.36. The summed E-state index contributed by atoms with van der Waals surface area (Å²) in [5, 5.41) is 0.632. The van der Waals surface area contributed by atoms with Gasteiger partial charge in [0.15, 0.2) is 0 Å². The number of aryl methyl sites for hydroxylation is 1. The number of fused-ring (bicyclic) bond motifs is 2. The third-order valence-corrected chi connectivity index (χ3v) is 5.12. The van der Waals surface area contributed by atoms with Crippen molar-refractivity contribution in [3.05, 3.63) is 75.6 Å². The van der Waals surface area contributed by atoms with Gasteiger partial charge in [-0.25, -0.2) is 9.37 Å². The molecule has 3 nitrogen and oxygen atoms in total. The fourth-order valence-corrected chi connectivity index (χ4v) is 3.76. The number of benzene rings is 2. The third-order valence-electron chi connectivity index (χ3n) is 5.12. The van der Waals surface area contributed by atoms with Crippen LogP contribution in [-0.2, 0) is 13.0 Å². The van der Waals surface area contributed by atoms with Gasteiger partial charge in [0.1, 0.15) is 11.6 Å². The van der Waals surface area contributed by atoms with Gasteiger partial charge < -0.3 is 0 Å². The second-order valence-corrected chi connectivity index (χ2v) is 7.13. The van der Waals surface area contributed by atoms with Crippen molar-refractivity contribution in [1.82, 2.24) is 9.55 Å². The van der Waals surface area contributed by atoms with Crippen LogP contribution in [0.25, 0.3) is 10.9 Å². The molecule has 1 aliphatic rings. The molecule has 3 aromatic rings. The maximum atomic E-state index is 13.3. The Morgan fingerprint density at radius 2 is 2.00 bits per heavy atom. The lowest BCUT2D eigenvalue weighted by molar-refractivity contribution is 0.333. The zero-order valence-electron chi connectivity index (χ0n) is 15.3. The summed E-state index contributed by atoms with van der Waals surface area (Å²) in [5.41, 5.74) is 2.12. The Bertz CT molecular complexity index is 1120. The fraction of sp³-hybridized carbons (Fsp3) is 0.304. The number of rotatable bonds is 2. The normalized spacial score (nSPS) is 15.9.